The van der Waals surface area contributed by atoms with Gasteiger partial charge in [0.1, 0.15) is 0 Å². The van der Waals surface area contributed by atoms with Gasteiger partial charge in [-0.1, -0.05) is 13.8 Å². The van der Waals surface area contributed by atoms with Gasteiger partial charge in [0.25, 0.3) is 0 Å². The second-order valence-electron chi connectivity index (χ2n) is 4.92. The fraction of sp³-hybridized carbons (Fsp3) is 0.667. The lowest BCUT2D eigenvalue weighted by Gasteiger charge is -2.37. The molecule has 0 spiro atoms. The molecule has 19 heavy (non-hydrogen) atoms. The summed E-state index contributed by atoms with van der Waals surface area (Å²) in [6.45, 7) is 7.72. The summed E-state index contributed by atoms with van der Waals surface area (Å²) in [6, 6.07) is 2.56. The molecule has 1 N–H and O–H groups in total. The Morgan fingerprint density at radius 3 is 2.84 bits per heavy atom. The maximum Gasteiger partial charge on any atom is 0.0469 e. The second-order valence-corrected chi connectivity index (χ2v) is 7.55. The van der Waals surface area contributed by atoms with Crippen LogP contribution in [0.1, 0.15) is 37.4 Å². The minimum atomic E-state index is 0.432. The van der Waals surface area contributed by atoms with E-state index >= 15 is 0 Å². The molecule has 106 valence electrons. The van der Waals surface area contributed by atoms with Crippen LogP contribution in [0.3, 0.4) is 0 Å². The van der Waals surface area contributed by atoms with Gasteiger partial charge in [-0.15, -0.1) is 0 Å². The Labute approximate surface area is 125 Å². The summed E-state index contributed by atoms with van der Waals surface area (Å²) < 4.78 is 0. The average Bonchev–Trinajstić information content (AvgIpc) is 2.46. The summed E-state index contributed by atoms with van der Waals surface area (Å²) in [4.78, 5) is 4.34. The fourth-order valence-corrected chi connectivity index (χ4v) is 5.91. The normalized spacial score (nSPS) is 25.2. The zero-order valence-corrected chi connectivity index (χ0v) is 13.7. The number of aryl methyl sites for hydroxylation is 1. The molecule has 2 heterocycles. The van der Waals surface area contributed by atoms with Crippen LogP contribution in [0.5, 0.6) is 0 Å². The minimum absolute atomic E-state index is 0.432. The molecule has 0 aliphatic carbocycles. The number of hydrogen-bond donors (Lipinski definition) is 1. The highest BCUT2D eigenvalue weighted by molar-refractivity contribution is 8.07. The Bertz CT molecular complexity index is 397. The molecule has 0 saturated carbocycles. The van der Waals surface area contributed by atoms with Gasteiger partial charge in [0, 0.05) is 40.4 Å². The smallest absolute Gasteiger partial charge is 0.0469 e. The third kappa shape index (κ3) is 3.67. The van der Waals surface area contributed by atoms with Crippen LogP contribution < -0.4 is 5.32 Å². The molecule has 1 aromatic rings. The number of thioether (sulfide) groups is 2. The SMILES string of the molecule is CCNC(c1cnccc1C)C1SCCSC1CC. The molecule has 0 radical (unpaired) electrons. The summed E-state index contributed by atoms with van der Waals surface area (Å²) in [5.74, 6) is 2.57. The summed E-state index contributed by atoms with van der Waals surface area (Å²) >= 11 is 4.28. The Balaban J connectivity index is 2.26. The van der Waals surface area contributed by atoms with Crippen LogP contribution in [0.15, 0.2) is 18.5 Å². The van der Waals surface area contributed by atoms with Crippen LogP contribution in [0.2, 0.25) is 0 Å². The van der Waals surface area contributed by atoms with E-state index in [9.17, 15) is 0 Å². The van der Waals surface area contributed by atoms with E-state index in [1.807, 2.05) is 6.20 Å². The van der Waals surface area contributed by atoms with Crippen molar-refractivity contribution >= 4 is 23.5 Å². The molecule has 1 fully saturated rings. The number of pyridine rings is 1. The van der Waals surface area contributed by atoms with E-state index in [0.29, 0.717) is 11.3 Å². The van der Waals surface area contributed by atoms with Gasteiger partial charge < -0.3 is 5.32 Å². The lowest BCUT2D eigenvalue weighted by Crippen LogP contribution is -2.39. The monoisotopic (exact) mass is 296 g/mol. The van der Waals surface area contributed by atoms with E-state index in [1.165, 1.54) is 29.1 Å². The highest BCUT2D eigenvalue weighted by Crippen LogP contribution is 2.40. The minimum Gasteiger partial charge on any atom is -0.309 e. The Hall–Kier alpha value is -0.190. The molecule has 0 amide bonds. The number of rotatable bonds is 5. The molecule has 3 atom stereocenters. The van der Waals surface area contributed by atoms with Crippen LogP contribution in [0, 0.1) is 6.92 Å². The lowest BCUT2D eigenvalue weighted by atomic mass is 9.98. The van der Waals surface area contributed by atoms with Crippen LogP contribution in [-0.4, -0.2) is 33.5 Å². The number of nitrogens with zero attached hydrogens (tertiary/aromatic N) is 1. The number of nitrogens with one attached hydrogen (secondary N) is 1. The molecule has 4 heteroatoms. The van der Waals surface area contributed by atoms with E-state index in [0.717, 1.165) is 11.8 Å². The molecular formula is C15H24N2S2. The summed E-state index contributed by atoms with van der Waals surface area (Å²) in [5, 5.41) is 5.11. The Kier molecular flexibility index (Phi) is 6.05. The highest BCUT2D eigenvalue weighted by atomic mass is 32.2. The molecule has 1 saturated heterocycles. The van der Waals surface area contributed by atoms with Gasteiger partial charge >= 0.3 is 0 Å². The van der Waals surface area contributed by atoms with Crippen molar-refractivity contribution in [2.45, 2.75) is 43.7 Å². The first-order valence-corrected chi connectivity index (χ1v) is 9.24. The van der Waals surface area contributed by atoms with E-state index in [4.69, 9.17) is 0 Å². The van der Waals surface area contributed by atoms with Crippen molar-refractivity contribution in [2.75, 3.05) is 18.1 Å². The fourth-order valence-electron chi connectivity index (χ4n) is 2.67. The number of aromatic nitrogens is 1. The van der Waals surface area contributed by atoms with Crippen molar-refractivity contribution in [1.82, 2.24) is 10.3 Å². The van der Waals surface area contributed by atoms with Crippen molar-refractivity contribution in [3.05, 3.63) is 29.6 Å². The van der Waals surface area contributed by atoms with Crippen molar-refractivity contribution < 1.29 is 0 Å². The van der Waals surface area contributed by atoms with Gasteiger partial charge in [-0.2, -0.15) is 23.5 Å². The van der Waals surface area contributed by atoms with Gasteiger partial charge in [0.2, 0.25) is 0 Å². The maximum atomic E-state index is 4.34. The quantitative estimate of drug-likeness (QED) is 0.896. The van der Waals surface area contributed by atoms with E-state index in [2.05, 4.69) is 66.9 Å². The first-order chi connectivity index (χ1) is 9.27. The Morgan fingerprint density at radius 2 is 2.16 bits per heavy atom. The van der Waals surface area contributed by atoms with Crippen LogP contribution in [0.4, 0.5) is 0 Å². The largest absolute Gasteiger partial charge is 0.309 e. The molecule has 1 aliphatic heterocycles. The van der Waals surface area contributed by atoms with Gasteiger partial charge in [0.15, 0.2) is 0 Å². The standard InChI is InChI=1S/C15H24N2S2/c1-4-13-15(19-9-8-18-13)14(17-5-2)12-10-16-7-6-11(12)3/h6-7,10,13-15,17H,4-5,8-9H2,1-3H3. The summed E-state index contributed by atoms with van der Waals surface area (Å²) in [7, 11) is 0. The second kappa shape index (κ2) is 7.55. The van der Waals surface area contributed by atoms with Crippen molar-refractivity contribution in [2.24, 2.45) is 0 Å². The van der Waals surface area contributed by atoms with Gasteiger partial charge in [0.05, 0.1) is 0 Å². The molecule has 0 aromatic carbocycles. The van der Waals surface area contributed by atoms with Gasteiger partial charge in [-0.3, -0.25) is 4.98 Å². The van der Waals surface area contributed by atoms with Crippen molar-refractivity contribution in [3.63, 3.8) is 0 Å². The average molecular weight is 297 g/mol. The maximum absolute atomic E-state index is 4.34. The van der Waals surface area contributed by atoms with Gasteiger partial charge in [-0.25, -0.2) is 0 Å². The van der Waals surface area contributed by atoms with E-state index in [1.54, 1.807) is 0 Å². The molecule has 3 unspecified atom stereocenters. The predicted molar refractivity (Wildman–Crippen MR) is 88.2 cm³/mol. The highest BCUT2D eigenvalue weighted by Gasteiger charge is 2.33. The number of hydrogen-bond acceptors (Lipinski definition) is 4. The predicted octanol–water partition coefficient (Wildman–Crippen LogP) is 3.67. The van der Waals surface area contributed by atoms with Crippen molar-refractivity contribution in [3.8, 4) is 0 Å². The first kappa shape index (κ1) is 15.2. The zero-order valence-electron chi connectivity index (χ0n) is 12.1. The van der Waals surface area contributed by atoms with Crippen LogP contribution in [-0.2, 0) is 0 Å². The molecule has 1 aromatic heterocycles. The van der Waals surface area contributed by atoms with Crippen molar-refractivity contribution in [1.29, 1.82) is 0 Å². The summed E-state index contributed by atoms with van der Waals surface area (Å²) in [5.41, 5.74) is 2.73. The van der Waals surface area contributed by atoms with Gasteiger partial charge in [-0.05, 0) is 37.1 Å². The topological polar surface area (TPSA) is 24.9 Å². The van der Waals surface area contributed by atoms with E-state index < -0.39 is 0 Å². The van der Waals surface area contributed by atoms with Crippen LogP contribution in [0.25, 0.3) is 0 Å². The molecular weight excluding hydrogens is 272 g/mol. The third-order valence-electron chi connectivity index (χ3n) is 3.66. The third-order valence-corrected chi connectivity index (χ3v) is 7.01. The van der Waals surface area contributed by atoms with Crippen LogP contribution >= 0.6 is 23.5 Å². The molecule has 2 nitrogen and oxygen atoms in total. The molecule has 2 rings (SSSR count). The summed E-state index contributed by atoms with van der Waals surface area (Å²) in [6.07, 6.45) is 5.20. The first-order valence-electron chi connectivity index (χ1n) is 7.15. The molecule has 1 aliphatic rings. The Morgan fingerprint density at radius 1 is 1.37 bits per heavy atom. The lowest BCUT2D eigenvalue weighted by molar-refractivity contribution is 0.509. The zero-order chi connectivity index (χ0) is 13.7. The van der Waals surface area contributed by atoms with E-state index in [-0.39, 0.29) is 0 Å². The molecule has 0 bridgehead atoms.